The van der Waals surface area contributed by atoms with Gasteiger partial charge in [0.25, 0.3) is 0 Å². The number of hydrogen-bond donors (Lipinski definition) is 4. The van der Waals surface area contributed by atoms with E-state index in [1.807, 2.05) is 0 Å². The number of rotatable bonds is 5. The molecule has 18 heavy (non-hydrogen) atoms. The van der Waals surface area contributed by atoms with Crippen molar-refractivity contribution in [2.24, 2.45) is 5.92 Å². The molecule has 0 radical (unpaired) electrons. The first-order valence-electron chi connectivity index (χ1n) is 5.69. The number of carboxylic acids is 1. The predicted molar refractivity (Wildman–Crippen MR) is 63.9 cm³/mol. The molecule has 0 fully saturated rings. The summed E-state index contributed by atoms with van der Waals surface area (Å²) in [5, 5.41) is 16.5. The maximum Gasteiger partial charge on any atom is 0.315 e. The second-order valence-electron chi connectivity index (χ2n) is 4.06. The van der Waals surface area contributed by atoms with Gasteiger partial charge in [-0.2, -0.15) is 0 Å². The van der Waals surface area contributed by atoms with Crippen LogP contribution in [0.5, 0.6) is 0 Å². The Morgan fingerprint density at radius 3 is 2.44 bits per heavy atom. The van der Waals surface area contributed by atoms with Crippen molar-refractivity contribution < 1.29 is 19.5 Å². The topological polar surface area (TPSA) is 108 Å². The molecule has 0 heterocycles. The molecule has 0 saturated heterocycles. The maximum atomic E-state index is 11.4. The summed E-state index contributed by atoms with van der Waals surface area (Å²) in [5.41, 5.74) is 0. The summed E-state index contributed by atoms with van der Waals surface area (Å²) in [7, 11) is 0. The van der Waals surface area contributed by atoms with E-state index in [2.05, 4.69) is 16.0 Å². The van der Waals surface area contributed by atoms with E-state index >= 15 is 0 Å². The number of nitrogens with one attached hydrogen (secondary N) is 3. The third-order valence-electron chi connectivity index (χ3n) is 2.50. The van der Waals surface area contributed by atoms with Crippen molar-refractivity contribution in [2.75, 3.05) is 13.1 Å². The molecule has 2 unspecified atom stereocenters. The predicted octanol–water partition coefficient (Wildman–Crippen LogP) is -0.549. The Bertz CT molecular complexity index is 367. The van der Waals surface area contributed by atoms with Crippen molar-refractivity contribution in [3.8, 4) is 0 Å². The van der Waals surface area contributed by atoms with Gasteiger partial charge in [0, 0.05) is 20.0 Å². The lowest BCUT2D eigenvalue weighted by molar-refractivity contribution is -0.140. The van der Waals surface area contributed by atoms with Crippen LogP contribution >= 0.6 is 0 Å². The molecule has 7 nitrogen and oxygen atoms in total. The minimum atomic E-state index is -0.887. The van der Waals surface area contributed by atoms with Gasteiger partial charge >= 0.3 is 12.0 Å². The van der Waals surface area contributed by atoms with Crippen LogP contribution in [-0.4, -0.2) is 42.1 Å². The number of carboxylic acid groups (broad SMARTS) is 1. The molecular weight excluding hydrogens is 238 g/mol. The minimum absolute atomic E-state index is 0.153. The Labute approximate surface area is 105 Å². The van der Waals surface area contributed by atoms with Gasteiger partial charge in [-0.05, 0) is 6.42 Å². The third-order valence-corrected chi connectivity index (χ3v) is 2.50. The van der Waals surface area contributed by atoms with E-state index in [9.17, 15) is 14.4 Å². The first-order chi connectivity index (χ1) is 8.49. The highest BCUT2D eigenvalue weighted by atomic mass is 16.4. The van der Waals surface area contributed by atoms with Crippen molar-refractivity contribution in [1.82, 2.24) is 16.0 Å². The fourth-order valence-corrected chi connectivity index (χ4v) is 1.62. The monoisotopic (exact) mass is 255 g/mol. The highest BCUT2D eigenvalue weighted by Crippen LogP contribution is 2.17. The lowest BCUT2D eigenvalue weighted by Gasteiger charge is -2.13. The molecule has 0 bridgehead atoms. The van der Waals surface area contributed by atoms with E-state index in [1.54, 1.807) is 12.2 Å². The molecule has 4 N–H and O–H groups in total. The van der Waals surface area contributed by atoms with Gasteiger partial charge < -0.3 is 21.1 Å². The van der Waals surface area contributed by atoms with E-state index in [-0.39, 0.29) is 18.0 Å². The summed E-state index contributed by atoms with van der Waals surface area (Å²) in [6.45, 7) is 2.08. The van der Waals surface area contributed by atoms with Crippen LogP contribution in [0.4, 0.5) is 4.79 Å². The number of amides is 3. The normalized spacial score (nSPS) is 21.4. The highest BCUT2D eigenvalue weighted by molar-refractivity contribution is 5.76. The summed E-state index contributed by atoms with van der Waals surface area (Å²) < 4.78 is 0. The summed E-state index contributed by atoms with van der Waals surface area (Å²) in [5.74, 6) is -1.57. The third kappa shape index (κ3) is 4.86. The van der Waals surface area contributed by atoms with Crippen molar-refractivity contribution in [1.29, 1.82) is 0 Å². The highest BCUT2D eigenvalue weighted by Gasteiger charge is 2.25. The van der Waals surface area contributed by atoms with Gasteiger partial charge in [0.05, 0.1) is 12.0 Å². The zero-order valence-corrected chi connectivity index (χ0v) is 10.1. The van der Waals surface area contributed by atoms with Crippen LogP contribution in [0.1, 0.15) is 13.3 Å². The molecule has 0 spiro atoms. The molecule has 7 heteroatoms. The van der Waals surface area contributed by atoms with Gasteiger partial charge in [0.15, 0.2) is 0 Å². The van der Waals surface area contributed by atoms with Gasteiger partial charge in [0.2, 0.25) is 5.91 Å². The van der Waals surface area contributed by atoms with Crippen molar-refractivity contribution in [3.63, 3.8) is 0 Å². The summed E-state index contributed by atoms with van der Waals surface area (Å²) in [6.07, 6.45) is 3.62. The molecule has 0 aromatic carbocycles. The lowest BCUT2D eigenvalue weighted by Crippen LogP contribution is -2.43. The number of aliphatic carboxylic acids is 1. The molecule has 1 rings (SSSR count). The largest absolute Gasteiger partial charge is 0.481 e. The van der Waals surface area contributed by atoms with Gasteiger partial charge in [0.1, 0.15) is 0 Å². The summed E-state index contributed by atoms with van der Waals surface area (Å²) in [4.78, 5) is 32.7. The zero-order valence-electron chi connectivity index (χ0n) is 10.1. The molecule has 1 aliphatic carbocycles. The molecule has 2 atom stereocenters. The average molecular weight is 255 g/mol. The summed E-state index contributed by atoms with van der Waals surface area (Å²) >= 11 is 0. The Hall–Kier alpha value is -2.05. The van der Waals surface area contributed by atoms with Gasteiger partial charge in [-0.1, -0.05) is 12.2 Å². The van der Waals surface area contributed by atoms with Gasteiger partial charge in [-0.15, -0.1) is 0 Å². The second kappa shape index (κ2) is 6.63. The number of carbonyl (C=O) groups excluding carboxylic acids is 2. The second-order valence-corrected chi connectivity index (χ2v) is 4.06. The average Bonchev–Trinajstić information content (AvgIpc) is 2.72. The zero-order chi connectivity index (χ0) is 13.5. The van der Waals surface area contributed by atoms with Gasteiger partial charge in [-0.3, -0.25) is 9.59 Å². The lowest BCUT2D eigenvalue weighted by atomic mass is 10.1. The van der Waals surface area contributed by atoms with E-state index in [0.29, 0.717) is 19.5 Å². The Balaban J connectivity index is 2.16. The molecule has 0 aromatic rings. The quantitative estimate of drug-likeness (QED) is 0.390. The first kappa shape index (κ1) is 14.0. The Morgan fingerprint density at radius 1 is 1.22 bits per heavy atom. The van der Waals surface area contributed by atoms with E-state index in [0.717, 1.165) is 0 Å². The van der Waals surface area contributed by atoms with Crippen LogP contribution in [-0.2, 0) is 9.59 Å². The van der Waals surface area contributed by atoms with E-state index in [1.165, 1.54) is 6.92 Å². The molecule has 0 aliphatic heterocycles. The van der Waals surface area contributed by atoms with Crippen LogP contribution < -0.4 is 16.0 Å². The van der Waals surface area contributed by atoms with Crippen LogP contribution in [0.25, 0.3) is 0 Å². The maximum absolute atomic E-state index is 11.4. The standard InChI is InChI=1S/C11H17N3O4/c1-7(15)12-4-5-13-11(18)14-9-3-2-8(6-9)10(16)17/h2-3,8-9H,4-6H2,1H3,(H,12,15)(H,16,17)(H2,13,14,18). The SMILES string of the molecule is CC(=O)NCCNC(=O)NC1C=CC(C(=O)O)C1. The van der Waals surface area contributed by atoms with Crippen molar-refractivity contribution in [2.45, 2.75) is 19.4 Å². The van der Waals surface area contributed by atoms with Crippen LogP contribution in [0.3, 0.4) is 0 Å². The van der Waals surface area contributed by atoms with Crippen molar-refractivity contribution in [3.05, 3.63) is 12.2 Å². The molecule has 0 saturated carbocycles. The Morgan fingerprint density at radius 2 is 1.89 bits per heavy atom. The molecule has 3 amide bonds. The van der Waals surface area contributed by atoms with E-state index in [4.69, 9.17) is 5.11 Å². The molecular formula is C11H17N3O4. The van der Waals surface area contributed by atoms with Crippen LogP contribution in [0, 0.1) is 5.92 Å². The molecule has 1 aliphatic rings. The fourth-order valence-electron chi connectivity index (χ4n) is 1.62. The molecule has 100 valence electrons. The van der Waals surface area contributed by atoms with Crippen LogP contribution in [0.2, 0.25) is 0 Å². The fraction of sp³-hybridized carbons (Fsp3) is 0.545. The van der Waals surface area contributed by atoms with E-state index < -0.39 is 11.9 Å². The van der Waals surface area contributed by atoms with Crippen LogP contribution in [0.15, 0.2) is 12.2 Å². The smallest absolute Gasteiger partial charge is 0.315 e. The molecule has 0 aromatic heterocycles. The number of hydrogen-bond acceptors (Lipinski definition) is 3. The number of urea groups is 1. The van der Waals surface area contributed by atoms with Crippen molar-refractivity contribution >= 4 is 17.9 Å². The summed E-state index contributed by atoms with van der Waals surface area (Å²) in [6, 6.07) is -0.632. The Kier molecular flexibility index (Phi) is 5.16. The number of carbonyl (C=O) groups is 3. The van der Waals surface area contributed by atoms with Gasteiger partial charge in [-0.25, -0.2) is 4.79 Å². The first-order valence-corrected chi connectivity index (χ1v) is 5.69. The minimum Gasteiger partial charge on any atom is -0.481 e.